The van der Waals surface area contributed by atoms with Gasteiger partial charge in [0.15, 0.2) is 0 Å². The smallest absolute Gasteiger partial charge is 0.0192 e. The Morgan fingerprint density at radius 3 is 2.80 bits per heavy atom. The summed E-state index contributed by atoms with van der Waals surface area (Å²) in [6.45, 7) is 3.97. The van der Waals surface area contributed by atoms with Crippen LogP contribution in [0, 0.1) is 5.92 Å². The summed E-state index contributed by atoms with van der Waals surface area (Å²) in [6, 6.07) is 0.747. The van der Waals surface area contributed by atoms with E-state index in [9.17, 15) is 0 Å². The van der Waals surface area contributed by atoms with Gasteiger partial charge in [-0.1, -0.05) is 0 Å². The van der Waals surface area contributed by atoms with E-state index < -0.39 is 0 Å². The molecule has 2 aliphatic heterocycles. The number of likely N-dealkylation sites (N-methyl/N-ethyl adjacent to an activating group) is 1. The number of piperidine rings is 1. The molecule has 0 aromatic heterocycles. The lowest BCUT2D eigenvalue weighted by Crippen LogP contribution is -2.46. The average molecular weight is 228 g/mol. The third-order valence-electron chi connectivity index (χ3n) is 3.77. The summed E-state index contributed by atoms with van der Waals surface area (Å²) in [7, 11) is 2.10. The second-order valence-corrected chi connectivity index (χ2v) is 6.17. The van der Waals surface area contributed by atoms with Gasteiger partial charge in [-0.25, -0.2) is 0 Å². The lowest BCUT2D eigenvalue weighted by atomic mass is 9.99. The average Bonchev–Trinajstić information content (AvgIpc) is 2.31. The van der Waals surface area contributed by atoms with Crippen molar-refractivity contribution in [2.75, 3.05) is 38.2 Å². The molecule has 1 atom stereocenters. The monoisotopic (exact) mass is 228 g/mol. The van der Waals surface area contributed by atoms with E-state index in [0.717, 1.165) is 12.0 Å². The molecule has 2 fully saturated rings. The molecular formula is C12H24N2S. The van der Waals surface area contributed by atoms with Gasteiger partial charge in [0.1, 0.15) is 0 Å². The Balaban J connectivity index is 1.72. The van der Waals surface area contributed by atoms with Gasteiger partial charge in [-0.3, -0.25) is 0 Å². The minimum atomic E-state index is 0.747. The summed E-state index contributed by atoms with van der Waals surface area (Å²) in [5, 5.41) is 3.43. The highest BCUT2D eigenvalue weighted by Gasteiger charge is 2.22. The van der Waals surface area contributed by atoms with Crippen molar-refractivity contribution in [2.24, 2.45) is 5.92 Å². The molecule has 0 radical (unpaired) electrons. The molecule has 2 rings (SSSR count). The van der Waals surface area contributed by atoms with Crippen LogP contribution in [-0.2, 0) is 0 Å². The summed E-state index contributed by atoms with van der Waals surface area (Å²) >= 11 is 2.13. The Bertz CT molecular complexity index is 180. The molecule has 15 heavy (non-hydrogen) atoms. The summed E-state index contributed by atoms with van der Waals surface area (Å²) in [5.74, 6) is 3.78. The van der Waals surface area contributed by atoms with E-state index in [1.807, 2.05) is 0 Å². The molecule has 0 aromatic rings. The Hall–Kier alpha value is 0.270. The molecule has 3 heteroatoms. The molecule has 0 aliphatic carbocycles. The van der Waals surface area contributed by atoms with E-state index in [4.69, 9.17) is 0 Å². The number of nitrogens with one attached hydrogen (secondary N) is 1. The first-order valence-electron chi connectivity index (χ1n) is 6.36. The zero-order valence-corrected chi connectivity index (χ0v) is 10.7. The maximum Gasteiger partial charge on any atom is 0.0192 e. The van der Waals surface area contributed by atoms with Crippen LogP contribution in [0.4, 0.5) is 0 Å². The molecule has 0 spiro atoms. The summed E-state index contributed by atoms with van der Waals surface area (Å²) in [5.41, 5.74) is 0. The fourth-order valence-corrected chi connectivity index (χ4v) is 3.96. The van der Waals surface area contributed by atoms with Crippen LogP contribution >= 0.6 is 11.8 Å². The lowest BCUT2D eigenvalue weighted by Gasteiger charge is -2.35. The van der Waals surface area contributed by atoms with Crippen LogP contribution in [0.15, 0.2) is 0 Å². The third kappa shape index (κ3) is 3.65. The number of rotatable bonds is 3. The van der Waals surface area contributed by atoms with Gasteiger partial charge >= 0.3 is 0 Å². The van der Waals surface area contributed by atoms with Gasteiger partial charge in [0, 0.05) is 19.1 Å². The van der Waals surface area contributed by atoms with E-state index in [1.54, 1.807) is 0 Å². The highest BCUT2D eigenvalue weighted by molar-refractivity contribution is 7.99. The highest BCUT2D eigenvalue weighted by atomic mass is 32.2. The van der Waals surface area contributed by atoms with E-state index in [0.29, 0.717) is 0 Å². The van der Waals surface area contributed by atoms with Gasteiger partial charge in [0.05, 0.1) is 0 Å². The maximum atomic E-state index is 3.43. The van der Waals surface area contributed by atoms with Gasteiger partial charge in [-0.15, -0.1) is 0 Å². The van der Waals surface area contributed by atoms with Crippen LogP contribution in [0.1, 0.15) is 25.7 Å². The predicted molar refractivity (Wildman–Crippen MR) is 68.6 cm³/mol. The van der Waals surface area contributed by atoms with E-state index in [2.05, 4.69) is 29.0 Å². The van der Waals surface area contributed by atoms with Crippen LogP contribution in [-0.4, -0.2) is 49.1 Å². The topological polar surface area (TPSA) is 15.3 Å². The van der Waals surface area contributed by atoms with Crippen LogP contribution in [0.2, 0.25) is 0 Å². The van der Waals surface area contributed by atoms with Gasteiger partial charge in [0.25, 0.3) is 0 Å². The van der Waals surface area contributed by atoms with Crippen molar-refractivity contribution in [3.8, 4) is 0 Å². The van der Waals surface area contributed by atoms with Gasteiger partial charge in [0.2, 0.25) is 0 Å². The van der Waals surface area contributed by atoms with Crippen LogP contribution in [0.5, 0.6) is 0 Å². The van der Waals surface area contributed by atoms with Crippen LogP contribution in [0.3, 0.4) is 0 Å². The summed E-state index contributed by atoms with van der Waals surface area (Å²) < 4.78 is 0. The fourth-order valence-electron chi connectivity index (χ4n) is 2.75. The molecule has 2 nitrogen and oxygen atoms in total. The highest BCUT2D eigenvalue weighted by Crippen LogP contribution is 2.24. The van der Waals surface area contributed by atoms with Crippen molar-refractivity contribution in [2.45, 2.75) is 31.7 Å². The van der Waals surface area contributed by atoms with Crippen molar-refractivity contribution >= 4 is 11.8 Å². The number of thioether (sulfide) groups is 1. The number of likely N-dealkylation sites (tertiary alicyclic amines) is 1. The van der Waals surface area contributed by atoms with Crippen molar-refractivity contribution < 1.29 is 0 Å². The standard InChI is InChI=1S/C12H24N2S/c1-13-12-3-2-6-14(10-12)9-11-4-7-15-8-5-11/h11-13H,2-10H2,1H3. The molecule has 1 unspecified atom stereocenters. The molecule has 0 bridgehead atoms. The van der Waals surface area contributed by atoms with Crippen molar-refractivity contribution in [1.29, 1.82) is 0 Å². The zero-order valence-electron chi connectivity index (χ0n) is 9.87. The SMILES string of the molecule is CNC1CCCN(CC2CCSCC2)C1. The van der Waals surface area contributed by atoms with E-state index in [1.165, 1.54) is 56.8 Å². The van der Waals surface area contributed by atoms with Gasteiger partial charge in [-0.2, -0.15) is 11.8 Å². The summed E-state index contributed by atoms with van der Waals surface area (Å²) in [4.78, 5) is 2.69. The molecule has 0 saturated carbocycles. The number of nitrogens with zero attached hydrogens (tertiary/aromatic N) is 1. The largest absolute Gasteiger partial charge is 0.316 e. The first kappa shape index (κ1) is 11.7. The minimum Gasteiger partial charge on any atom is -0.316 e. The molecule has 2 heterocycles. The number of hydrogen-bond acceptors (Lipinski definition) is 3. The van der Waals surface area contributed by atoms with Crippen molar-refractivity contribution in [1.82, 2.24) is 10.2 Å². The second-order valence-electron chi connectivity index (χ2n) is 4.94. The van der Waals surface area contributed by atoms with Gasteiger partial charge < -0.3 is 10.2 Å². The predicted octanol–water partition coefficient (Wildman–Crippen LogP) is 1.81. The van der Waals surface area contributed by atoms with Crippen molar-refractivity contribution in [3.63, 3.8) is 0 Å². The maximum absolute atomic E-state index is 3.43. The minimum absolute atomic E-state index is 0.747. The molecule has 88 valence electrons. The molecule has 0 amide bonds. The summed E-state index contributed by atoms with van der Waals surface area (Å²) in [6.07, 6.45) is 5.65. The molecular weight excluding hydrogens is 204 g/mol. The fraction of sp³-hybridized carbons (Fsp3) is 1.00. The normalized spacial score (nSPS) is 30.6. The number of hydrogen-bond donors (Lipinski definition) is 1. The van der Waals surface area contributed by atoms with E-state index >= 15 is 0 Å². The van der Waals surface area contributed by atoms with Crippen LogP contribution in [0.25, 0.3) is 0 Å². The first-order valence-corrected chi connectivity index (χ1v) is 7.51. The Morgan fingerprint density at radius 1 is 1.27 bits per heavy atom. The zero-order chi connectivity index (χ0) is 10.5. The Kier molecular flexibility index (Phi) is 4.79. The molecule has 2 saturated heterocycles. The Morgan fingerprint density at radius 2 is 2.07 bits per heavy atom. The van der Waals surface area contributed by atoms with Crippen molar-refractivity contribution in [3.05, 3.63) is 0 Å². The molecule has 0 aromatic carbocycles. The molecule has 2 aliphatic rings. The first-order chi connectivity index (χ1) is 7.38. The van der Waals surface area contributed by atoms with E-state index in [-0.39, 0.29) is 0 Å². The second kappa shape index (κ2) is 6.12. The Labute approximate surface area is 98.2 Å². The quantitative estimate of drug-likeness (QED) is 0.793. The van der Waals surface area contributed by atoms with Crippen LogP contribution < -0.4 is 5.32 Å². The third-order valence-corrected chi connectivity index (χ3v) is 4.82. The van der Waals surface area contributed by atoms with Gasteiger partial charge in [-0.05, 0) is 56.7 Å². The molecule has 1 N–H and O–H groups in total. The lowest BCUT2D eigenvalue weighted by molar-refractivity contribution is 0.165.